The Hall–Kier alpha value is -2.44. The maximum Gasteiger partial charge on any atom is 0.197 e. The Bertz CT molecular complexity index is 1370. The SMILES string of the molecule is Cn1c(-c2ccc(Cl)cc2)nc2sc(C=C3C(=O)c4cc(Cl)c(Cl)cc4C3=O)cc21. The number of carbonyl (C=O) groups excluding carboxylic acids is 2. The van der Waals surface area contributed by atoms with Crippen molar-refractivity contribution in [3.8, 4) is 11.4 Å². The minimum Gasteiger partial charge on any atom is -0.326 e. The number of aromatic nitrogens is 2. The van der Waals surface area contributed by atoms with E-state index in [1.54, 1.807) is 6.08 Å². The van der Waals surface area contributed by atoms with Gasteiger partial charge in [0.25, 0.3) is 0 Å². The van der Waals surface area contributed by atoms with E-state index in [1.165, 1.54) is 23.5 Å². The van der Waals surface area contributed by atoms with Crippen molar-refractivity contribution in [2.75, 3.05) is 0 Å². The monoisotopic (exact) mass is 472 g/mol. The zero-order chi connectivity index (χ0) is 21.2. The summed E-state index contributed by atoms with van der Waals surface area (Å²) in [4.78, 5) is 31.8. The Balaban J connectivity index is 1.55. The molecule has 4 aromatic rings. The molecule has 0 amide bonds. The molecule has 0 radical (unpaired) electrons. The van der Waals surface area contributed by atoms with E-state index in [0.29, 0.717) is 5.02 Å². The summed E-state index contributed by atoms with van der Waals surface area (Å²) in [7, 11) is 1.93. The number of ketones is 2. The molecule has 1 aliphatic rings. The molecule has 2 heterocycles. The van der Waals surface area contributed by atoms with E-state index in [1.807, 2.05) is 41.9 Å². The molecule has 2 aromatic carbocycles. The Labute approximate surface area is 190 Å². The Morgan fingerprint density at radius 1 is 0.933 bits per heavy atom. The number of hydrogen-bond acceptors (Lipinski definition) is 4. The van der Waals surface area contributed by atoms with Gasteiger partial charge in [0.15, 0.2) is 11.6 Å². The number of hydrogen-bond donors (Lipinski definition) is 0. The molecule has 0 unspecified atom stereocenters. The molecule has 0 aliphatic heterocycles. The summed E-state index contributed by atoms with van der Waals surface area (Å²) in [6, 6.07) is 12.3. The number of Topliss-reactive ketones (excluding diaryl/α,β-unsaturated/α-hetero) is 2. The molecule has 0 bridgehead atoms. The first-order valence-electron chi connectivity index (χ1n) is 8.86. The minimum atomic E-state index is -0.346. The van der Waals surface area contributed by atoms with Crippen LogP contribution in [-0.2, 0) is 7.05 Å². The van der Waals surface area contributed by atoms with Crippen molar-refractivity contribution < 1.29 is 9.59 Å². The normalized spacial score (nSPS) is 13.4. The number of carbonyl (C=O) groups is 2. The van der Waals surface area contributed by atoms with E-state index in [0.717, 1.165) is 26.6 Å². The third-order valence-electron chi connectivity index (χ3n) is 5.03. The Morgan fingerprint density at radius 3 is 2.10 bits per heavy atom. The van der Waals surface area contributed by atoms with Gasteiger partial charge in [-0.05, 0) is 48.5 Å². The largest absolute Gasteiger partial charge is 0.326 e. The molecule has 2 aromatic heterocycles. The highest BCUT2D eigenvalue weighted by atomic mass is 35.5. The third kappa shape index (κ3) is 3.01. The van der Waals surface area contributed by atoms with Crippen molar-refractivity contribution in [3.05, 3.63) is 79.1 Å². The van der Waals surface area contributed by atoms with Crippen molar-refractivity contribution in [1.82, 2.24) is 9.55 Å². The van der Waals surface area contributed by atoms with Crippen molar-refractivity contribution >= 4 is 74.1 Å². The van der Waals surface area contributed by atoms with E-state index < -0.39 is 0 Å². The highest BCUT2D eigenvalue weighted by molar-refractivity contribution is 7.19. The summed E-state index contributed by atoms with van der Waals surface area (Å²) in [6.07, 6.45) is 1.61. The van der Waals surface area contributed by atoms with Gasteiger partial charge in [0.05, 0.1) is 21.1 Å². The van der Waals surface area contributed by atoms with Crippen LogP contribution in [0.15, 0.2) is 48.0 Å². The molecule has 0 spiro atoms. The molecule has 0 fully saturated rings. The van der Waals surface area contributed by atoms with Gasteiger partial charge in [-0.25, -0.2) is 4.98 Å². The number of nitrogens with zero attached hydrogens (tertiary/aromatic N) is 2. The van der Waals surface area contributed by atoms with Crippen LogP contribution in [0.4, 0.5) is 0 Å². The maximum absolute atomic E-state index is 12.7. The van der Waals surface area contributed by atoms with Gasteiger partial charge in [-0.15, -0.1) is 11.3 Å². The first kappa shape index (κ1) is 19.5. The fourth-order valence-electron chi connectivity index (χ4n) is 3.51. The van der Waals surface area contributed by atoms with E-state index in [4.69, 9.17) is 39.8 Å². The van der Waals surface area contributed by atoms with Crippen LogP contribution in [0.2, 0.25) is 15.1 Å². The molecule has 8 heteroatoms. The molecule has 0 atom stereocenters. The number of aryl methyl sites for hydroxylation is 1. The van der Waals surface area contributed by atoms with Crippen molar-refractivity contribution in [2.24, 2.45) is 7.05 Å². The minimum absolute atomic E-state index is 0.104. The first-order valence-corrected chi connectivity index (χ1v) is 10.8. The van der Waals surface area contributed by atoms with Crippen molar-refractivity contribution in [1.29, 1.82) is 0 Å². The average molecular weight is 474 g/mol. The highest BCUT2D eigenvalue weighted by Gasteiger charge is 2.34. The third-order valence-corrected chi connectivity index (χ3v) is 6.97. The zero-order valence-corrected chi connectivity index (χ0v) is 18.5. The number of halogens is 3. The topological polar surface area (TPSA) is 52.0 Å². The fraction of sp³-hybridized carbons (Fsp3) is 0.0455. The van der Waals surface area contributed by atoms with Gasteiger partial charge < -0.3 is 4.57 Å². The van der Waals surface area contributed by atoms with Gasteiger partial charge in [0, 0.05) is 33.6 Å². The maximum atomic E-state index is 12.7. The molecule has 30 heavy (non-hydrogen) atoms. The summed E-state index contributed by atoms with van der Waals surface area (Å²) < 4.78 is 1.98. The summed E-state index contributed by atoms with van der Waals surface area (Å²) in [6.45, 7) is 0. The number of thiophene rings is 1. The predicted molar refractivity (Wildman–Crippen MR) is 122 cm³/mol. The van der Waals surface area contributed by atoms with E-state index in [9.17, 15) is 9.59 Å². The number of imidazole rings is 1. The smallest absolute Gasteiger partial charge is 0.197 e. The van der Waals surface area contributed by atoms with Crippen LogP contribution in [0.5, 0.6) is 0 Å². The number of allylic oxidation sites excluding steroid dienone is 1. The molecule has 4 nitrogen and oxygen atoms in total. The van der Waals surface area contributed by atoms with Gasteiger partial charge in [-0.1, -0.05) is 34.8 Å². The quantitative estimate of drug-likeness (QED) is 0.240. The lowest BCUT2D eigenvalue weighted by molar-refractivity contribution is 0.0990. The van der Waals surface area contributed by atoms with Gasteiger partial charge >= 0.3 is 0 Å². The zero-order valence-electron chi connectivity index (χ0n) is 15.4. The van der Waals surface area contributed by atoms with Crippen LogP contribution in [0.1, 0.15) is 25.6 Å². The second-order valence-corrected chi connectivity index (χ2v) is 9.18. The number of fused-ring (bicyclic) bond motifs is 2. The van der Waals surface area contributed by atoms with Crippen molar-refractivity contribution in [3.63, 3.8) is 0 Å². The molecule has 0 saturated carbocycles. The van der Waals surface area contributed by atoms with Crippen LogP contribution in [0.25, 0.3) is 27.8 Å². The van der Waals surface area contributed by atoms with E-state index >= 15 is 0 Å². The fourth-order valence-corrected chi connectivity index (χ4v) is 4.97. The molecular weight excluding hydrogens is 463 g/mol. The van der Waals surface area contributed by atoms with Crippen molar-refractivity contribution in [2.45, 2.75) is 0 Å². The van der Waals surface area contributed by atoms with Crippen LogP contribution < -0.4 is 0 Å². The molecule has 5 rings (SSSR count). The molecule has 148 valence electrons. The summed E-state index contributed by atoms with van der Waals surface area (Å²) in [5, 5.41) is 1.16. The molecule has 1 aliphatic carbocycles. The Kier molecular flexibility index (Phi) is 4.60. The molecule has 0 saturated heterocycles. The van der Waals surface area contributed by atoms with Crippen LogP contribution in [-0.4, -0.2) is 21.1 Å². The van der Waals surface area contributed by atoms with Gasteiger partial charge in [0.2, 0.25) is 0 Å². The highest BCUT2D eigenvalue weighted by Crippen LogP contribution is 2.36. The Morgan fingerprint density at radius 2 is 1.53 bits per heavy atom. The number of benzene rings is 2. The summed E-state index contributed by atoms with van der Waals surface area (Å²) >= 11 is 19.4. The average Bonchev–Trinajstić information content (AvgIpc) is 3.32. The lowest BCUT2D eigenvalue weighted by Crippen LogP contribution is -1.99. The van der Waals surface area contributed by atoms with Gasteiger partial charge in [-0.2, -0.15) is 0 Å². The summed E-state index contributed by atoms with van der Waals surface area (Å²) in [5.41, 5.74) is 2.54. The first-order chi connectivity index (χ1) is 14.3. The van der Waals surface area contributed by atoms with Crippen LogP contribution in [0, 0.1) is 0 Å². The lowest BCUT2D eigenvalue weighted by atomic mass is 10.1. The lowest BCUT2D eigenvalue weighted by Gasteiger charge is -2.02. The van der Waals surface area contributed by atoms with E-state index in [2.05, 4.69) is 0 Å². The second kappa shape index (κ2) is 7.06. The predicted octanol–water partition coefficient (Wildman–Crippen LogP) is 6.72. The van der Waals surface area contributed by atoms with Crippen LogP contribution >= 0.6 is 46.1 Å². The summed E-state index contributed by atoms with van der Waals surface area (Å²) in [5.74, 6) is 0.124. The standard InChI is InChI=1S/C22H11Cl3N2O2S/c1-27-18-7-12(30-22(18)26-21(27)10-2-4-11(23)5-3-10)6-15-19(28)13-8-16(24)17(25)9-14(13)20(15)29/h2-9H,1H3. The second-order valence-electron chi connectivity index (χ2n) is 6.87. The van der Waals surface area contributed by atoms with Gasteiger partial charge in [0.1, 0.15) is 10.7 Å². The molecular formula is C22H11Cl3N2O2S. The van der Waals surface area contributed by atoms with Crippen LogP contribution in [0.3, 0.4) is 0 Å². The van der Waals surface area contributed by atoms with E-state index in [-0.39, 0.29) is 38.3 Å². The molecule has 0 N–H and O–H groups in total. The number of rotatable bonds is 2. The van der Waals surface area contributed by atoms with Gasteiger partial charge in [-0.3, -0.25) is 9.59 Å².